The summed E-state index contributed by atoms with van der Waals surface area (Å²) in [5.74, 6) is -2.42. The van der Waals surface area contributed by atoms with Gasteiger partial charge in [0.05, 0.1) is 18.4 Å². The van der Waals surface area contributed by atoms with Crippen LogP contribution in [0.3, 0.4) is 0 Å². The van der Waals surface area contributed by atoms with Gasteiger partial charge >= 0.3 is 7.12 Å². The Balaban J connectivity index is 1.74. The third-order valence-corrected chi connectivity index (χ3v) is 5.27. The first-order valence-corrected chi connectivity index (χ1v) is 10.7. The maximum absolute atomic E-state index is 13.5. The molecule has 2 atom stereocenters. The predicted octanol–water partition coefficient (Wildman–Crippen LogP) is 3.08. The summed E-state index contributed by atoms with van der Waals surface area (Å²) >= 11 is 6.10. The van der Waals surface area contributed by atoms with E-state index in [0.29, 0.717) is 21.7 Å². The lowest BCUT2D eigenvalue weighted by molar-refractivity contribution is -0.122. The summed E-state index contributed by atoms with van der Waals surface area (Å²) in [6.07, 6.45) is -0.162. The molecule has 0 aliphatic heterocycles. The molecule has 33 heavy (non-hydrogen) atoms. The molecule has 0 saturated carbocycles. The molecule has 0 heterocycles. The lowest BCUT2D eigenvalue weighted by atomic mass is 9.75. The quantitative estimate of drug-likeness (QED) is 0.363. The second kappa shape index (κ2) is 11.6. The SMILES string of the molecule is O=C(CC(NC(=O)c1ccccc1)c1cccc(Cl)c1)NC(Cc1cccc(F)c1)B(O)O. The normalized spacial score (nSPS) is 12.5. The predicted molar refractivity (Wildman–Crippen MR) is 125 cm³/mol. The zero-order valence-corrected chi connectivity index (χ0v) is 18.4. The molecule has 6 nitrogen and oxygen atoms in total. The molecule has 2 amide bonds. The summed E-state index contributed by atoms with van der Waals surface area (Å²) in [4.78, 5) is 25.5. The van der Waals surface area contributed by atoms with Crippen LogP contribution in [-0.4, -0.2) is 34.9 Å². The van der Waals surface area contributed by atoms with Gasteiger partial charge in [-0.1, -0.05) is 54.1 Å². The molecular formula is C24H23BClFN2O4. The number of hydrogen-bond acceptors (Lipinski definition) is 4. The second-order valence-electron chi connectivity index (χ2n) is 7.57. The van der Waals surface area contributed by atoms with Crippen LogP contribution in [0.1, 0.15) is 33.9 Å². The Kier molecular flexibility index (Phi) is 8.60. The van der Waals surface area contributed by atoms with Crippen LogP contribution >= 0.6 is 11.6 Å². The van der Waals surface area contributed by atoms with E-state index in [2.05, 4.69) is 10.6 Å². The van der Waals surface area contributed by atoms with Crippen LogP contribution < -0.4 is 10.6 Å². The van der Waals surface area contributed by atoms with Crippen molar-refractivity contribution in [1.29, 1.82) is 0 Å². The minimum Gasteiger partial charge on any atom is -0.426 e. The van der Waals surface area contributed by atoms with Crippen LogP contribution in [0.5, 0.6) is 0 Å². The Morgan fingerprint density at radius 3 is 2.33 bits per heavy atom. The molecule has 9 heteroatoms. The summed E-state index contributed by atoms with van der Waals surface area (Å²) in [7, 11) is -1.86. The lowest BCUT2D eigenvalue weighted by Gasteiger charge is -2.22. The van der Waals surface area contributed by atoms with E-state index in [1.54, 1.807) is 60.7 Å². The van der Waals surface area contributed by atoms with E-state index < -0.39 is 30.8 Å². The van der Waals surface area contributed by atoms with E-state index in [4.69, 9.17) is 11.6 Å². The van der Waals surface area contributed by atoms with E-state index in [1.807, 2.05) is 0 Å². The summed E-state index contributed by atoms with van der Waals surface area (Å²) in [6.45, 7) is 0. The van der Waals surface area contributed by atoms with Gasteiger partial charge in [0.15, 0.2) is 0 Å². The van der Waals surface area contributed by atoms with Gasteiger partial charge in [-0.05, 0) is 53.9 Å². The molecule has 0 saturated heterocycles. The number of nitrogens with one attached hydrogen (secondary N) is 2. The molecule has 0 aromatic heterocycles. The molecule has 2 unspecified atom stereocenters. The fourth-order valence-corrected chi connectivity index (χ4v) is 3.61. The highest BCUT2D eigenvalue weighted by molar-refractivity contribution is 6.43. The Labute approximate surface area is 196 Å². The highest BCUT2D eigenvalue weighted by atomic mass is 35.5. The monoisotopic (exact) mass is 468 g/mol. The molecule has 3 rings (SSSR count). The van der Waals surface area contributed by atoms with Gasteiger partial charge in [0.2, 0.25) is 5.91 Å². The molecule has 0 spiro atoms. The van der Waals surface area contributed by atoms with Gasteiger partial charge in [-0.15, -0.1) is 0 Å². The summed E-state index contributed by atoms with van der Waals surface area (Å²) in [5.41, 5.74) is 1.55. The second-order valence-corrected chi connectivity index (χ2v) is 8.01. The highest BCUT2D eigenvalue weighted by Gasteiger charge is 2.27. The fourth-order valence-electron chi connectivity index (χ4n) is 3.41. The largest absolute Gasteiger partial charge is 0.475 e. The Morgan fingerprint density at radius 2 is 1.67 bits per heavy atom. The number of hydrogen-bond donors (Lipinski definition) is 4. The molecule has 4 N–H and O–H groups in total. The van der Waals surface area contributed by atoms with Crippen molar-refractivity contribution < 1.29 is 24.0 Å². The van der Waals surface area contributed by atoms with Crippen molar-refractivity contribution in [2.45, 2.75) is 24.8 Å². The van der Waals surface area contributed by atoms with Gasteiger partial charge in [0.1, 0.15) is 5.82 Å². The Hall–Kier alpha value is -3.20. The van der Waals surface area contributed by atoms with Crippen molar-refractivity contribution in [3.63, 3.8) is 0 Å². The van der Waals surface area contributed by atoms with Crippen molar-refractivity contribution in [3.8, 4) is 0 Å². The molecule has 0 fully saturated rings. The van der Waals surface area contributed by atoms with Crippen molar-refractivity contribution in [1.82, 2.24) is 10.6 Å². The lowest BCUT2D eigenvalue weighted by Crippen LogP contribution is -2.48. The van der Waals surface area contributed by atoms with E-state index >= 15 is 0 Å². The van der Waals surface area contributed by atoms with E-state index in [1.165, 1.54) is 18.2 Å². The topological polar surface area (TPSA) is 98.7 Å². The molecule has 0 aliphatic carbocycles. The number of amides is 2. The van der Waals surface area contributed by atoms with Gasteiger partial charge in [0.25, 0.3) is 5.91 Å². The summed E-state index contributed by atoms with van der Waals surface area (Å²) in [5, 5.41) is 25.3. The zero-order chi connectivity index (χ0) is 23.8. The Bertz CT molecular complexity index is 1100. The molecule has 170 valence electrons. The molecule has 3 aromatic rings. The maximum atomic E-state index is 13.5. The minimum absolute atomic E-state index is 0.0133. The summed E-state index contributed by atoms with van der Waals surface area (Å²) in [6, 6.07) is 20.3. The number of benzene rings is 3. The smallest absolute Gasteiger partial charge is 0.426 e. The van der Waals surface area contributed by atoms with Crippen molar-refractivity contribution in [2.75, 3.05) is 0 Å². The molecule has 0 bridgehead atoms. The van der Waals surface area contributed by atoms with Gasteiger partial charge in [0, 0.05) is 10.6 Å². The average molecular weight is 469 g/mol. The number of halogens is 2. The van der Waals surface area contributed by atoms with Crippen molar-refractivity contribution in [3.05, 3.63) is 106 Å². The first-order chi connectivity index (χ1) is 15.8. The third kappa shape index (κ3) is 7.42. The fraction of sp³-hybridized carbons (Fsp3) is 0.167. The zero-order valence-electron chi connectivity index (χ0n) is 17.6. The molecule has 0 radical (unpaired) electrons. The highest BCUT2D eigenvalue weighted by Crippen LogP contribution is 2.21. The van der Waals surface area contributed by atoms with Gasteiger partial charge in [-0.3, -0.25) is 9.59 Å². The first-order valence-electron chi connectivity index (χ1n) is 10.3. The van der Waals surface area contributed by atoms with Crippen molar-refractivity contribution in [2.24, 2.45) is 0 Å². The Morgan fingerprint density at radius 1 is 0.939 bits per heavy atom. The van der Waals surface area contributed by atoms with Crippen LogP contribution in [0.2, 0.25) is 5.02 Å². The number of rotatable bonds is 9. The van der Waals surface area contributed by atoms with E-state index in [9.17, 15) is 24.0 Å². The van der Waals surface area contributed by atoms with Crippen LogP contribution in [0, 0.1) is 5.82 Å². The average Bonchev–Trinajstić information content (AvgIpc) is 2.78. The van der Waals surface area contributed by atoms with Crippen molar-refractivity contribution >= 4 is 30.5 Å². The van der Waals surface area contributed by atoms with E-state index in [-0.39, 0.29) is 18.7 Å². The van der Waals surface area contributed by atoms with Crippen LogP contribution in [0.25, 0.3) is 0 Å². The summed E-state index contributed by atoms with van der Waals surface area (Å²) < 4.78 is 13.5. The van der Waals surface area contributed by atoms with E-state index in [0.717, 1.165) is 0 Å². The molecule has 3 aromatic carbocycles. The van der Waals surface area contributed by atoms with Gasteiger partial charge < -0.3 is 20.7 Å². The van der Waals surface area contributed by atoms with Gasteiger partial charge in [-0.25, -0.2) is 4.39 Å². The molecular weight excluding hydrogens is 446 g/mol. The molecule has 0 aliphatic rings. The van der Waals surface area contributed by atoms with Crippen LogP contribution in [0.15, 0.2) is 78.9 Å². The minimum atomic E-state index is -1.86. The van der Waals surface area contributed by atoms with Crippen LogP contribution in [0.4, 0.5) is 4.39 Å². The van der Waals surface area contributed by atoms with Crippen LogP contribution in [-0.2, 0) is 11.2 Å². The third-order valence-electron chi connectivity index (χ3n) is 5.03. The number of carbonyl (C=O) groups excluding carboxylic acids is 2. The maximum Gasteiger partial charge on any atom is 0.475 e. The number of carbonyl (C=O) groups is 2. The standard InChI is InChI=1S/C24H23BClFN2O4/c26-19-10-5-9-18(14-19)21(28-24(31)17-7-2-1-3-8-17)15-23(30)29-22(25(32)33)13-16-6-4-11-20(27)12-16/h1-12,14,21-22,32-33H,13,15H2,(H,28,31)(H,29,30). The first kappa shape index (κ1) is 24.4. The van der Waals surface area contributed by atoms with Gasteiger partial charge in [-0.2, -0.15) is 0 Å².